The van der Waals surface area contributed by atoms with Crippen molar-refractivity contribution >= 4 is 5.91 Å². The zero-order valence-electron chi connectivity index (χ0n) is 13.5. The molecule has 3 N–H and O–H groups in total. The largest absolute Gasteiger partial charge is 0.394 e. The van der Waals surface area contributed by atoms with Crippen LogP contribution < -0.4 is 5.32 Å². The fourth-order valence-corrected chi connectivity index (χ4v) is 2.37. The number of carbonyl (C=O) groups excluding carboxylic acids is 1. The van der Waals surface area contributed by atoms with E-state index in [9.17, 15) is 4.79 Å². The number of aliphatic hydroxyl groups is 2. The van der Waals surface area contributed by atoms with Crippen LogP contribution in [0.25, 0.3) is 0 Å². The smallest absolute Gasteiger partial charge is 0.226 e. The van der Waals surface area contributed by atoms with Crippen molar-refractivity contribution in [3.8, 4) is 0 Å². The average Bonchev–Trinajstić information content (AvgIpc) is 2.46. The third-order valence-corrected chi connectivity index (χ3v) is 3.99. The molecule has 0 bridgehead atoms. The lowest BCUT2D eigenvalue weighted by atomic mass is 9.79. The van der Waals surface area contributed by atoms with Crippen molar-refractivity contribution < 1.29 is 15.0 Å². The first-order chi connectivity index (χ1) is 9.53. The number of hydrogen-bond acceptors (Lipinski definition) is 3. The zero-order valence-corrected chi connectivity index (χ0v) is 13.5. The Morgan fingerprint density at radius 2 is 1.55 bits per heavy atom. The summed E-state index contributed by atoms with van der Waals surface area (Å²) < 4.78 is 0. The Bertz CT molecular complexity index is 254. The van der Waals surface area contributed by atoms with Gasteiger partial charge in [0.05, 0.1) is 19.3 Å². The average molecular weight is 287 g/mol. The molecule has 0 fully saturated rings. The number of aliphatic hydroxyl groups excluding tert-OH is 2. The van der Waals surface area contributed by atoms with Crippen LogP contribution in [-0.2, 0) is 4.79 Å². The summed E-state index contributed by atoms with van der Waals surface area (Å²) in [6.45, 7) is 5.87. The Labute approximate surface area is 124 Å². The lowest BCUT2D eigenvalue weighted by Crippen LogP contribution is -2.47. The van der Waals surface area contributed by atoms with Crippen LogP contribution >= 0.6 is 0 Å². The number of carbonyl (C=O) groups is 1. The first-order valence-electron chi connectivity index (χ1n) is 8.06. The molecule has 20 heavy (non-hydrogen) atoms. The van der Waals surface area contributed by atoms with Gasteiger partial charge < -0.3 is 15.5 Å². The topological polar surface area (TPSA) is 69.6 Å². The fraction of sp³-hybridized carbons (Fsp3) is 0.938. The van der Waals surface area contributed by atoms with Gasteiger partial charge in [-0.3, -0.25) is 4.79 Å². The van der Waals surface area contributed by atoms with Gasteiger partial charge in [-0.15, -0.1) is 0 Å². The molecule has 1 unspecified atom stereocenters. The molecule has 4 nitrogen and oxygen atoms in total. The van der Waals surface area contributed by atoms with Gasteiger partial charge in [0.2, 0.25) is 5.91 Å². The number of rotatable bonds is 12. The summed E-state index contributed by atoms with van der Waals surface area (Å²) in [6, 6.07) is -0.543. The molecular formula is C16H33NO3. The normalized spacial score (nSPS) is 14.3. The maximum absolute atomic E-state index is 12.4. The molecule has 120 valence electrons. The van der Waals surface area contributed by atoms with E-state index in [0.717, 1.165) is 38.5 Å². The van der Waals surface area contributed by atoms with E-state index in [1.807, 2.05) is 6.92 Å². The van der Waals surface area contributed by atoms with Gasteiger partial charge in [-0.1, -0.05) is 59.3 Å². The molecule has 0 aliphatic heterocycles. The van der Waals surface area contributed by atoms with Gasteiger partial charge >= 0.3 is 0 Å². The van der Waals surface area contributed by atoms with E-state index in [1.54, 1.807) is 0 Å². The van der Waals surface area contributed by atoms with Gasteiger partial charge in [-0.05, 0) is 12.8 Å². The lowest BCUT2D eigenvalue weighted by molar-refractivity contribution is -0.132. The Hall–Kier alpha value is -0.610. The minimum absolute atomic E-state index is 0.0319. The summed E-state index contributed by atoms with van der Waals surface area (Å²) in [6.07, 6.45) is 8.46. The first kappa shape index (κ1) is 19.4. The number of unbranched alkanes of at least 4 members (excludes halogenated alkanes) is 4. The van der Waals surface area contributed by atoms with Crippen molar-refractivity contribution in [3.05, 3.63) is 0 Å². The van der Waals surface area contributed by atoms with Gasteiger partial charge in [0.15, 0.2) is 0 Å². The molecule has 0 spiro atoms. The van der Waals surface area contributed by atoms with Crippen LogP contribution in [-0.4, -0.2) is 35.4 Å². The second-order valence-electron chi connectivity index (χ2n) is 6.01. The third kappa shape index (κ3) is 7.25. The molecule has 1 atom stereocenters. The van der Waals surface area contributed by atoms with Gasteiger partial charge in [0, 0.05) is 5.41 Å². The van der Waals surface area contributed by atoms with Gasteiger partial charge in [-0.2, -0.15) is 0 Å². The van der Waals surface area contributed by atoms with Crippen molar-refractivity contribution in [1.29, 1.82) is 0 Å². The van der Waals surface area contributed by atoms with E-state index in [4.69, 9.17) is 10.2 Å². The second kappa shape index (κ2) is 11.1. The minimum atomic E-state index is -0.543. The van der Waals surface area contributed by atoms with Crippen LogP contribution in [0.4, 0.5) is 0 Å². The summed E-state index contributed by atoms with van der Waals surface area (Å²) in [5, 5.41) is 20.9. The minimum Gasteiger partial charge on any atom is -0.394 e. The van der Waals surface area contributed by atoms with E-state index < -0.39 is 6.04 Å². The Kier molecular flexibility index (Phi) is 10.8. The Balaban J connectivity index is 4.52. The quantitative estimate of drug-likeness (QED) is 0.483. The van der Waals surface area contributed by atoms with E-state index in [0.29, 0.717) is 0 Å². The van der Waals surface area contributed by atoms with E-state index in [-0.39, 0.29) is 24.5 Å². The number of hydrogen-bond donors (Lipinski definition) is 3. The van der Waals surface area contributed by atoms with Gasteiger partial charge in [-0.25, -0.2) is 0 Å². The highest BCUT2D eigenvalue weighted by Gasteiger charge is 2.32. The molecule has 0 aromatic rings. The molecule has 0 aliphatic carbocycles. The summed E-state index contributed by atoms with van der Waals surface area (Å²) in [4.78, 5) is 12.4. The monoisotopic (exact) mass is 287 g/mol. The molecule has 0 heterocycles. The van der Waals surface area contributed by atoms with Crippen LogP contribution in [0.1, 0.15) is 72.1 Å². The SMILES string of the molecule is CCCCCCC(C)(CCCC)C(=O)NC(CO)CO. The summed E-state index contributed by atoms with van der Waals surface area (Å²) >= 11 is 0. The summed E-state index contributed by atoms with van der Waals surface area (Å²) in [5.41, 5.74) is -0.383. The third-order valence-electron chi connectivity index (χ3n) is 3.99. The van der Waals surface area contributed by atoms with Crippen LogP contribution in [0.2, 0.25) is 0 Å². The molecule has 0 saturated carbocycles. The molecule has 0 aliphatic rings. The molecular weight excluding hydrogens is 254 g/mol. The highest BCUT2D eigenvalue weighted by Crippen LogP contribution is 2.31. The predicted octanol–water partition coefficient (Wildman–Crippen LogP) is 2.62. The number of nitrogens with one attached hydrogen (secondary N) is 1. The highest BCUT2D eigenvalue weighted by atomic mass is 16.3. The van der Waals surface area contributed by atoms with Gasteiger partial charge in [0.1, 0.15) is 0 Å². The van der Waals surface area contributed by atoms with Crippen LogP contribution in [0, 0.1) is 5.41 Å². The molecule has 0 saturated heterocycles. The maximum Gasteiger partial charge on any atom is 0.226 e. The van der Waals surface area contributed by atoms with Crippen LogP contribution in [0.5, 0.6) is 0 Å². The number of amides is 1. The second-order valence-corrected chi connectivity index (χ2v) is 6.01. The maximum atomic E-state index is 12.4. The van der Waals surface area contributed by atoms with E-state index in [1.165, 1.54) is 12.8 Å². The molecule has 0 aromatic carbocycles. The molecule has 0 rings (SSSR count). The van der Waals surface area contributed by atoms with E-state index in [2.05, 4.69) is 19.2 Å². The summed E-state index contributed by atoms with van der Waals surface area (Å²) in [7, 11) is 0. The van der Waals surface area contributed by atoms with E-state index >= 15 is 0 Å². The standard InChI is InChI=1S/C16H33NO3/c1-4-6-8-9-11-16(3,10-7-5-2)15(20)17-14(12-18)13-19/h14,18-19H,4-13H2,1-3H3,(H,17,20). The Morgan fingerprint density at radius 1 is 1.00 bits per heavy atom. The van der Waals surface area contributed by atoms with Crippen molar-refractivity contribution in [3.63, 3.8) is 0 Å². The lowest BCUT2D eigenvalue weighted by Gasteiger charge is -2.30. The Morgan fingerprint density at radius 3 is 2.05 bits per heavy atom. The van der Waals surface area contributed by atoms with Crippen molar-refractivity contribution in [1.82, 2.24) is 5.32 Å². The highest BCUT2D eigenvalue weighted by molar-refractivity contribution is 5.82. The van der Waals surface area contributed by atoms with Crippen molar-refractivity contribution in [2.75, 3.05) is 13.2 Å². The van der Waals surface area contributed by atoms with Crippen molar-refractivity contribution in [2.45, 2.75) is 78.2 Å². The van der Waals surface area contributed by atoms with Crippen LogP contribution in [0.15, 0.2) is 0 Å². The fourth-order valence-electron chi connectivity index (χ4n) is 2.37. The molecule has 1 amide bonds. The van der Waals surface area contributed by atoms with Crippen LogP contribution in [0.3, 0.4) is 0 Å². The zero-order chi connectivity index (χ0) is 15.4. The first-order valence-corrected chi connectivity index (χ1v) is 8.06. The molecule has 4 heteroatoms. The summed E-state index contributed by atoms with van der Waals surface area (Å²) in [5.74, 6) is -0.0319. The van der Waals surface area contributed by atoms with Gasteiger partial charge in [0.25, 0.3) is 0 Å². The predicted molar refractivity (Wildman–Crippen MR) is 82.5 cm³/mol. The molecule has 0 radical (unpaired) electrons. The molecule has 0 aromatic heterocycles. The van der Waals surface area contributed by atoms with Crippen molar-refractivity contribution in [2.24, 2.45) is 5.41 Å².